The van der Waals surface area contributed by atoms with Gasteiger partial charge in [-0.25, -0.2) is 0 Å². The van der Waals surface area contributed by atoms with E-state index >= 15 is 0 Å². The molecule has 0 bridgehead atoms. The third kappa shape index (κ3) is 1.86. The molecule has 0 saturated heterocycles. The van der Waals surface area contributed by atoms with Gasteiger partial charge in [-0.15, -0.1) is 0 Å². The molecule has 0 aliphatic heterocycles. The lowest BCUT2D eigenvalue weighted by atomic mass is 10.6. The van der Waals surface area contributed by atoms with E-state index in [4.69, 9.17) is 0 Å². The van der Waals surface area contributed by atoms with Crippen molar-refractivity contribution in [3.63, 3.8) is 0 Å². The van der Waals surface area contributed by atoms with Gasteiger partial charge >= 0.3 is 0 Å². The van der Waals surface area contributed by atoms with E-state index in [1.807, 2.05) is 13.0 Å². The maximum absolute atomic E-state index is 4.07. The van der Waals surface area contributed by atoms with Gasteiger partial charge < -0.3 is 10.7 Å². The molecular formula is C7H14N4. The summed E-state index contributed by atoms with van der Waals surface area (Å²) in [4.78, 5) is 1.74. The summed E-state index contributed by atoms with van der Waals surface area (Å²) in [6.45, 7) is 5.89. The maximum atomic E-state index is 4.07. The van der Waals surface area contributed by atoms with E-state index in [9.17, 15) is 0 Å². The van der Waals surface area contributed by atoms with Crippen LogP contribution in [0.5, 0.6) is 0 Å². The van der Waals surface area contributed by atoms with Gasteiger partial charge in [0, 0.05) is 19.2 Å². The van der Waals surface area contributed by atoms with E-state index in [-0.39, 0.29) is 0 Å². The van der Waals surface area contributed by atoms with Crippen LogP contribution in [0.3, 0.4) is 0 Å². The fourth-order valence-corrected chi connectivity index (χ4v) is 0.894. The largest absolute Gasteiger partial charge is 0.369 e. The van der Waals surface area contributed by atoms with Crippen molar-refractivity contribution >= 4 is 5.82 Å². The van der Waals surface area contributed by atoms with Crippen molar-refractivity contribution < 1.29 is 0 Å². The van der Waals surface area contributed by atoms with Crippen molar-refractivity contribution in [2.75, 3.05) is 23.8 Å². The lowest BCUT2D eigenvalue weighted by Gasteiger charge is -2.07. The van der Waals surface area contributed by atoms with Crippen molar-refractivity contribution in [2.45, 2.75) is 13.8 Å². The minimum Gasteiger partial charge on any atom is -0.369 e. The zero-order chi connectivity index (χ0) is 8.10. The molecule has 4 nitrogen and oxygen atoms in total. The summed E-state index contributed by atoms with van der Waals surface area (Å²) in [6.07, 6.45) is 1.76. The predicted octanol–water partition coefficient (Wildman–Crippen LogP) is 0.878. The summed E-state index contributed by atoms with van der Waals surface area (Å²) >= 11 is 0. The smallest absolute Gasteiger partial charge is 0.147 e. The molecule has 0 radical (unpaired) electrons. The third-order valence-corrected chi connectivity index (χ3v) is 1.31. The first-order valence-corrected chi connectivity index (χ1v) is 3.90. The summed E-state index contributed by atoms with van der Waals surface area (Å²) < 4.78 is 0. The molecule has 0 fully saturated rings. The Labute approximate surface area is 66.6 Å². The molecule has 1 aromatic heterocycles. The summed E-state index contributed by atoms with van der Waals surface area (Å²) in [5, 5.41) is 7.25. The molecule has 1 heterocycles. The monoisotopic (exact) mass is 154 g/mol. The average Bonchev–Trinajstić information content (AvgIpc) is 2.39. The lowest BCUT2D eigenvalue weighted by Crippen LogP contribution is -2.18. The average molecular weight is 154 g/mol. The van der Waals surface area contributed by atoms with E-state index in [2.05, 4.69) is 22.8 Å². The van der Waals surface area contributed by atoms with Crippen LogP contribution < -0.4 is 10.7 Å². The molecular weight excluding hydrogens is 140 g/mol. The number of nitrogens with one attached hydrogen (secondary N) is 2. The molecule has 4 heteroatoms. The van der Waals surface area contributed by atoms with Gasteiger partial charge in [-0.2, -0.15) is 9.89 Å². The molecule has 0 saturated carbocycles. The summed E-state index contributed by atoms with van der Waals surface area (Å²) in [7, 11) is 0. The van der Waals surface area contributed by atoms with Gasteiger partial charge in [-0.05, 0) is 13.8 Å². The Morgan fingerprint density at radius 3 is 2.91 bits per heavy atom. The Bertz CT molecular complexity index is 185. The van der Waals surface area contributed by atoms with E-state index in [0.29, 0.717) is 0 Å². The van der Waals surface area contributed by atoms with E-state index in [1.165, 1.54) is 0 Å². The highest BCUT2D eigenvalue weighted by molar-refractivity contribution is 5.34. The Morgan fingerprint density at radius 1 is 1.45 bits per heavy atom. The number of aromatic nitrogens is 2. The maximum Gasteiger partial charge on any atom is 0.147 e. The number of anilines is 1. The second-order valence-corrected chi connectivity index (χ2v) is 2.17. The highest BCUT2D eigenvalue weighted by atomic mass is 15.6. The standard InChI is InChI=1S/C7H14N4/c1-3-8-7-5-6-10-11(7)9-4-2/h5-6,8-9H,3-4H2,1-2H3. The molecule has 0 aliphatic carbocycles. The molecule has 0 spiro atoms. The molecule has 0 unspecified atom stereocenters. The molecule has 0 atom stereocenters. The van der Waals surface area contributed by atoms with Gasteiger partial charge in [-0.3, -0.25) is 0 Å². The second-order valence-electron chi connectivity index (χ2n) is 2.17. The van der Waals surface area contributed by atoms with Crippen LogP contribution in [-0.2, 0) is 0 Å². The zero-order valence-electron chi connectivity index (χ0n) is 6.96. The zero-order valence-corrected chi connectivity index (χ0v) is 6.96. The SMILES string of the molecule is CCNc1ccnn1NCC. The molecule has 62 valence electrons. The van der Waals surface area contributed by atoms with Gasteiger partial charge in [0.25, 0.3) is 0 Å². The molecule has 2 N–H and O–H groups in total. The van der Waals surface area contributed by atoms with Crippen molar-refractivity contribution in [3.8, 4) is 0 Å². The van der Waals surface area contributed by atoms with Crippen molar-refractivity contribution in [1.29, 1.82) is 0 Å². The normalized spacial score (nSPS) is 9.64. The van der Waals surface area contributed by atoms with Crippen molar-refractivity contribution in [2.24, 2.45) is 0 Å². The van der Waals surface area contributed by atoms with Crippen LogP contribution in [0.4, 0.5) is 5.82 Å². The highest BCUT2D eigenvalue weighted by Gasteiger charge is 1.96. The van der Waals surface area contributed by atoms with Crippen molar-refractivity contribution in [3.05, 3.63) is 12.3 Å². The van der Waals surface area contributed by atoms with Gasteiger partial charge in [-0.1, -0.05) is 0 Å². The van der Waals surface area contributed by atoms with Gasteiger partial charge in [0.1, 0.15) is 5.82 Å². The molecule has 11 heavy (non-hydrogen) atoms. The third-order valence-electron chi connectivity index (χ3n) is 1.31. The van der Waals surface area contributed by atoms with Crippen LogP contribution in [0.2, 0.25) is 0 Å². The van der Waals surface area contributed by atoms with Gasteiger partial charge in [0.15, 0.2) is 0 Å². The summed E-state index contributed by atoms with van der Waals surface area (Å²) in [5.74, 6) is 1.01. The highest BCUT2D eigenvalue weighted by Crippen LogP contribution is 2.01. The Hall–Kier alpha value is -1.19. The fraction of sp³-hybridized carbons (Fsp3) is 0.571. The quantitative estimate of drug-likeness (QED) is 0.676. The van der Waals surface area contributed by atoms with E-state index in [0.717, 1.165) is 18.9 Å². The number of hydrogen-bond acceptors (Lipinski definition) is 3. The second kappa shape index (κ2) is 3.85. The fourth-order valence-electron chi connectivity index (χ4n) is 0.894. The summed E-state index contributed by atoms with van der Waals surface area (Å²) in [5.41, 5.74) is 3.08. The Morgan fingerprint density at radius 2 is 2.27 bits per heavy atom. The van der Waals surface area contributed by atoms with Crippen LogP contribution in [0.15, 0.2) is 12.3 Å². The van der Waals surface area contributed by atoms with E-state index in [1.54, 1.807) is 11.0 Å². The van der Waals surface area contributed by atoms with Crippen LogP contribution in [0.25, 0.3) is 0 Å². The van der Waals surface area contributed by atoms with Crippen LogP contribution in [0, 0.1) is 0 Å². The first kappa shape index (κ1) is 7.91. The van der Waals surface area contributed by atoms with Crippen LogP contribution >= 0.6 is 0 Å². The topological polar surface area (TPSA) is 41.9 Å². The Kier molecular flexibility index (Phi) is 2.77. The number of hydrogen-bond donors (Lipinski definition) is 2. The number of nitrogens with zero attached hydrogens (tertiary/aromatic N) is 2. The minimum absolute atomic E-state index is 0.875. The predicted molar refractivity (Wildman–Crippen MR) is 46.3 cm³/mol. The number of rotatable bonds is 4. The Balaban J connectivity index is 2.62. The molecule has 0 aromatic carbocycles. The van der Waals surface area contributed by atoms with Gasteiger partial charge in [0.05, 0.1) is 6.20 Å². The van der Waals surface area contributed by atoms with Crippen LogP contribution in [-0.4, -0.2) is 23.0 Å². The lowest BCUT2D eigenvalue weighted by molar-refractivity contribution is 0.750. The molecule has 1 rings (SSSR count). The first-order valence-electron chi connectivity index (χ1n) is 3.90. The molecule has 0 aliphatic rings. The molecule has 0 amide bonds. The summed E-state index contributed by atoms with van der Waals surface area (Å²) in [6, 6.07) is 1.94. The first-order chi connectivity index (χ1) is 5.38. The van der Waals surface area contributed by atoms with E-state index < -0.39 is 0 Å². The van der Waals surface area contributed by atoms with Crippen molar-refractivity contribution in [1.82, 2.24) is 9.89 Å². The molecule has 1 aromatic rings. The van der Waals surface area contributed by atoms with Gasteiger partial charge in [0.2, 0.25) is 0 Å². The minimum atomic E-state index is 0.875. The van der Waals surface area contributed by atoms with Crippen LogP contribution in [0.1, 0.15) is 13.8 Å².